The fraction of sp³-hybridized carbons (Fsp3) is 0.276. The van der Waals surface area contributed by atoms with Gasteiger partial charge in [0.1, 0.15) is 5.75 Å². The zero-order valence-electron chi connectivity index (χ0n) is 21.0. The highest BCUT2D eigenvalue weighted by Crippen LogP contribution is 2.36. The van der Waals surface area contributed by atoms with Gasteiger partial charge in [-0.3, -0.25) is 0 Å². The van der Waals surface area contributed by atoms with Gasteiger partial charge in [0, 0.05) is 29.0 Å². The predicted molar refractivity (Wildman–Crippen MR) is 153 cm³/mol. The van der Waals surface area contributed by atoms with E-state index in [9.17, 15) is 0 Å². The minimum Gasteiger partial charge on any atom is -0.438 e. The van der Waals surface area contributed by atoms with Gasteiger partial charge in [0.15, 0.2) is 0 Å². The van der Waals surface area contributed by atoms with Crippen molar-refractivity contribution in [1.82, 2.24) is 15.0 Å². The molecule has 1 aliphatic rings. The summed E-state index contributed by atoms with van der Waals surface area (Å²) in [5.74, 6) is 1.95. The van der Waals surface area contributed by atoms with Crippen LogP contribution in [0.1, 0.15) is 43.2 Å². The van der Waals surface area contributed by atoms with Crippen molar-refractivity contribution in [2.45, 2.75) is 56.9 Å². The van der Waals surface area contributed by atoms with Crippen molar-refractivity contribution >= 4 is 35.2 Å². The van der Waals surface area contributed by atoms with Crippen LogP contribution in [-0.2, 0) is 0 Å². The highest BCUT2D eigenvalue weighted by Gasteiger charge is 2.17. The van der Waals surface area contributed by atoms with E-state index in [-0.39, 0.29) is 0 Å². The number of hydrogen-bond acceptors (Lipinski definition) is 7. The number of halogens is 1. The van der Waals surface area contributed by atoms with Crippen molar-refractivity contribution in [2.75, 3.05) is 10.0 Å². The predicted octanol–water partition coefficient (Wildman–Crippen LogP) is 8.46. The van der Waals surface area contributed by atoms with E-state index in [2.05, 4.69) is 32.1 Å². The fourth-order valence-electron chi connectivity index (χ4n) is 4.58. The second-order valence-corrected chi connectivity index (χ2v) is 10.5. The molecule has 2 heterocycles. The third kappa shape index (κ3) is 6.35. The summed E-state index contributed by atoms with van der Waals surface area (Å²) < 4.78 is 9.79. The normalized spacial score (nSPS) is 13.8. The molecule has 2 aromatic carbocycles. The van der Waals surface area contributed by atoms with Crippen LogP contribution >= 0.6 is 23.5 Å². The molecule has 1 fully saturated rings. The van der Waals surface area contributed by atoms with Gasteiger partial charge in [-0.2, -0.15) is 0 Å². The molecule has 4 aromatic rings. The van der Waals surface area contributed by atoms with Crippen molar-refractivity contribution in [3.8, 4) is 22.9 Å². The lowest BCUT2D eigenvalue weighted by Gasteiger charge is -2.22. The van der Waals surface area contributed by atoms with E-state index in [0.717, 1.165) is 56.6 Å². The first kappa shape index (κ1) is 25.4. The van der Waals surface area contributed by atoms with Gasteiger partial charge >= 0.3 is 0 Å². The fourth-order valence-corrected chi connectivity index (χ4v) is 5.49. The molecule has 2 aromatic heterocycles. The Bertz CT molecular complexity index is 1350. The molecular formula is C29H30ClN5OS. The summed E-state index contributed by atoms with van der Waals surface area (Å²) in [6, 6.07) is 18.1. The summed E-state index contributed by atoms with van der Waals surface area (Å²) in [6.07, 6.45) is 9.67. The van der Waals surface area contributed by atoms with Gasteiger partial charge in [0.05, 0.1) is 16.3 Å². The molecule has 8 heteroatoms. The minimum absolute atomic E-state index is 0.433. The Morgan fingerprint density at radius 1 is 0.919 bits per heavy atom. The lowest BCUT2D eigenvalue weighted by atomic mass is 9.96. The standard InChI is InChI=1S/C29H30ClN5OS/c1-19-17-22(35-37-26-13-7-6-12-24(26)30)18-20(2)27(19)36-28-23(11-8-15-31-28)25-14-16-32-29(34-25)33-21-9-4-3-5-10-21/h6-8,11-18,21,35H,3-5,9-10H2,1-2H3,(H,32,33,34). The van der Waals surface area contributed by atoms with Crippen LogP contribution < -0.4 is 14.8 Å². The third-order valence-corrected chi connectivity index (χ3v) is 7.77. The van der Waals surface area contributed by atoms with E-state index in [4.69, 9.17) is 21.3 Å². The lowest BCUT2D eigenvalue weighted by Crippen LogP contribution is -2.23. The Balaban J connectivity index is 1.34. The van der Waals surface area contributed by atoms with Crippen molar-refractivity contribution in [1.29, 1.82) is 0 Å². The van der Waals surface area contributed by atoms with Crippen molar-refractivity contribution in [3.05, 3.63) is 83.1 Å². The van der Waals surface area contributed by atoms with Gasteiger partial charge in [-0.15, -0.1) is 0 Å². The average molecular weight is 532 g/mol. The van der Waals surface area contributed by atoms with E-state index >= 15 is 0 Å². The molecule has 0 radical (unpaired) electrons. The molecule has 0 amide bonds. The number of rotatable bonds is 8. The number of aromatic nitrogens is 3. The molecule has 0 bridgehead atoms. The molecule has 0 saturated heterocycles. The summed E-state index contributed by atoms with van der Waals surface area (Å²) in [4.78, 5) is 14.8. The molecular weight excluding hydrogens is 502 g/mol. The number of anilines is 2. The molecule has 6 nitrogen and oxygen atoms in total. The molecule has 1 saturated carbocycles. The Morgan fingerprint density at radius 3 is 2.49 bits per heavy atom. The largest absolute Gasteiger partial charge is 0.438 e. The number of nitrogens with zero attached hydrogens (tertiary/aromatic N) is 3. The maximum Gasteiger partial charge on any atom is 0.228 e. The summed E-state index contributed by atoms with van der Waals surface area (Å²) >= 11 is 7.78. The number of aryl methyl sites for hydroxylation is 2. The topological polar surface area (TPSA) is 72.0 Å². The Morgan fingerprint density at radius 2 is 1.70 bits per heavy atom. The molecule has 37 heavy (non-hydrogen) atoms. The summed E-state index contributed by atoms with van der Waals surface area (Å²) in [7, 11) is 0. The highest BCUT2D eigenvalue weighted by atomic mass is 35.5. The van der Waals surface area contributed by atoms with Gasteiger partial charge in [0.2, 0.25) is 11.8 Å². The Kier molecular flexibility index (Phi) is 8.12. The van der Waals surface area contributed by atoms with Gasteiger partial charge < -0.3 is 14.8 Å². The minimum atomic E-state index is 0.433. The van der Waals surface area contributed by atoms with Gasteiger partial charge in [-0.25, -0.2) is 15.0 Å². The maximum absolute atomic E-state index is 6.40. The molecule has 2 N–H and O–H groups in total. The first-order valence-electron chi connectivity index (χ1n) is 12.6. The number of benzene rings is 2. The number of hydrogen-bond donors (Lipinski definition) is 2. The molecule has 5 rings (SSSR count). The summed E-state index contributed by atoms with van der Waals surface area (Å²) in [6.45, 7) is 4.07. The smallest absolute Gasteiger partial charge is 0.228 e. The van der Waals surface area contributed by atoms with Gasteiger partial charge in [0.25, 0.3) is 0 Å². The summed E-state index contributed by atoms with van der Waals surface area (Å²) in [5, 5.41) is 4.23. The van der Waals surface area contributed by atoms with E-state index in [1.54, 1.807) is 12.4 Å². The molecule has 0 unspecified atom stereocenters. The van der Waals surface area contributed by atoms with Gasteiger partial charge in [-0.1, -0.05) is 43.0 Å². The van der Waals surface area contributed by atoms with Crippen molar-refractivity contribution in [3.63, 3.8) is 0 Å². The van der Waals surface area contributed by atoms with Crippen LogP contribution in [0.3, 0.4) is 0 Å². The van der Waals surface area contributed by atoms with Crippen molar-refractivity contribution in [2.24, 2.45) is 0 Å². The quantitative estimate of drug-likeness (QED) is 0.221. The van der Waals surface area contributed by atoms with Crippen LogP contribution in [0.2, 0.25) is 5.02 Å². The van der Waals surface area contributed by atoms with E-state index in [0.29, 0.717) is 17.9 Å². The zero-order valence-corrected chi connectivity index (χ0v) is 22.6. The second kappa shape index (κ2) is 11.8. The van der Waals surface area contributed by atoms with Crippen LogP contribution in [0.25, 0.3) is 11.3 Å². The molecule has 0 spiro atoms. The van der Waals surface area contributed by atoms with Crippen molar-refractivity contribution < 1.29 is 4.74 Å². The van der Waals surface area contributed by atoms with Crippen LogP contribution in [-0.4, -0.2) is 21.0 Å². The SMILES string of the molecule is Cc1cc(NSc2ccccc2Cl)cc(C)c1Oc1ncccc1-c1ccnc(NC2CCCCC2)n1. The zero-order chi connectivity index (χ0) is 25.6. The van der Waals surface area contributed by atoms with E-state index in [1.807, 2.05) is 56.3 Å². The Labute approximate surface area is 227 Å². The van der Waals surface area contributed by atoms with E-state index in [1.165, 1.54) is 31.2 Å². The molecule has 1 aliphatic carbocycles. The van der Waals surface area contributed by atoms with Crippen LogP contribution in [0.4, 0.5) is 11.6 Å². The highest BCUT2D eigenvalue weighted by molar-refractivity contribution is 8.00. The number of pyridine rings is 1. The van der Waals surface area contributed by atoms with Crippen LogP contribution in [0.15, 0.2) is 71.9 Å². The third-order valence-electron chi connectivity index (χ3n) is 6.42. The average Bonchev–Trinajstić information content (AvgIpc) is 2.91. The maximum atomic E-state index is 6.40. The number of nitrogens with one attached hydrogen (secondary N) is 2. The second-order valence-electron chi connectivity index (χ2n) is 9.28. The first-order chi connectivity index (χ1) is 18.1. The lowest BCUT2D eigenvalue weighted by molar-refractivity contribution is 0.457. The monoisotopic (exact) mass is 531 g/mol. The van der Waals surface area contributed by atoms with Crippen LogP contribution in [0.5, 0.6) is 11.6 Å². The Hall–Kier alpha value is -3.29. The first-order valence-corrected chi connectivity index (χ1v) is 13.8. The number of ether oxygens (including phenoxy) is 1. The molecule has 190 valence electrons. The molecule has 0 atom stereocenters. The molecule has 0 aliphatic heterocycles. The van der Waals surface area contributed by atoms with Crippen LogP contribution in [0, 0.1) is 13.8 Å². The van der Waals surface area contributed by atoms with Gasteiger partial charge in [-0.05, 0) is 92.2 Å². The summed E-state index contributed by atoms with van der Waals surface area (Å²) in [5.41, 5.74) is 4.58. The van der Waals surface area contributed by atoms with E-state index < -0.39 is 0 Å².